The Bertz CT molecular complexity index is 1560. The topological polar surface area (TPSA) is 87.3 Å². The standard InChI is InChI=1S/C31H24BrCl2N3O3S/c1-19(29(38)36-26-17-23(33)16-24(34)18-26)41-27-13-11-25(12-14-27)35-31(40)28(15-20-7-9-22(32)10-8-20)37-30(39)21-5-3-2-4-6-21/h2-19H,1H3,(H,35,40)(H,36,38)(H,37,39)/b28-15-. The van der Waals surface area contributed by atoms with Gasteiger partial charge in [0.25, 0.3) is 11.8 Å². The fourth-order valence-electron chi connectivity index (χ4n) is 3.61. The van der Waals surface area contributed by atoms with Gasteiger partial charge < -0.3 is 16.0 Å². The highest BCUT2D eigenvalue weighted by molar-refractivity contribution is 9.10. The Morgan fingerprint density at radius 3 is 2.07 bits per heavy atom. The summed E-state index contributed by atoms with van der Waals surface area (Å²) in [5, 5.41) is 8.82. The van der Waals surface area contributed by atoms with Crippen LogP contribution in [0, 0.1) is 0 Å². The van der Waals surface area contributed by atoms with Crippen molar-refractivity contribution in [2.24, 2.45) is 0 Å². The molecular weight excluding hydrogens is 645 g/mol. The molecule has 208 valence electrons. The van der Waals surface area contributed by atoms with Crippen LogP contribution in [-0.2, 0) is 9.59 Å². The summed E-state index contributed by atoms with van der Waals surface area (Å²) in [6.45, 7) is 1.79. The number of benzene rings is 4. The molecule has 0 fully saturated rings. The van der Waals surface area contributed by atoms with Crippen molar-refractivity contribution in [2.75, 3.05) is 10.6 Å². The summed E-state index contributed by atoms with van der Waals surface area (Å²) >= 11 is 16.8. The number of carbonyl (C=O) groups excluding carboxylic acids is 3. The third-order valence-electron chi connectivity index (χ3n) is 5.63. The zero-order chi connectivity index (χ0) is 29.4. The van der Waals surface area contributed by atoms with Gasteiger partial charge >= 0.3 is 0 Å². The molecule has 4 aromatic carbocycles. The minimum atomic E-state index is -0.481. The second-order valence-electron chi connectivity index (χ2n) is 8.82. The molecule has 6 nitrogen and oxygen atoms in total. The van der Waals surface area contributed by atoms with E-state index in [0.717, 1.165) is 14.9 Å². The zero-order valence-electron chi connectivity index (χ0n) is 21.7. The highest BCUT2D eigenvalue weighted by atomic mass is 79.9. The quantitative estimate of drug-likeness (QED) is 0.124. The maximum absolute atomic E-state index is 13.2. The van der Waals surface area contributed by atoms with Crippen LogP contribution in [0.5, 0.6) is 0 Å². The third kappa shape index (κ3) is 9.23. The normalized spacial score (nSPS) is 11.9. The third-order valence-corrected chi connectivity index (χ3v) is 7.71. The molecule has 0 aromatic heterocycles. The molecule has 4 rings (SSSR count). The van der Waals surface area contributed by atoms with Gasteiger partial charge in [0.1, 0.15) is 5.70 Å². The molecular formula is C31H24BrCl2N3O3S. The summed E-state index contributed by atoms with van der Waals surface area (Å²) in [6.07, 6.45) is 1.61. The molecule has 0 aliphatic rings. The van der Waals surface area contributed by atoms with E-state index in [1.54, 1.807) is 79.7 Å². The van der Waals surface area contributed by atoms with Crippen LogP contribution >= 0.6 is 50.9 Å². The smallest absolute Gasteiger partial charge is 0.272 e. The van der Waals surface area contributed by atoms with Crippen molar-refractivity contribution in [3.8, 4) is 0 Å². The Hall–Kier alpha value is -3.56. The Labute approximate surface area is 260 Å². The number of amides is 3. The predicted molar refractivity (Wildman–Crippen MR) is 172 cm³/mol. The Balaban J connectivity index is 1.42. The van der Waals surface area contributed by atoms with Crippen LogP contribution in [0.15, 0.2) is 112 Å². The zero-order valence-corrected chi connectivity index (χ0v) is 25.6. The lowest BCUT2D eigenvalue weighted by molar-refractivity contribution is -0.115. The summed E-state index contributed by atoms with van der Waals surface area (Å²) in [4.78, 5) is 39.6. The van der Waals surface area contributed by atoms with Crippen molar-refractivity contribution in [1.29, 1.82) is 0 Å². The van der Waals surface area contributed by atoms with Gasteiger partial charge in [-0.05, 0) is 85.3 Å². The largest absolute Gasteiger partial charge is 0.325 e. The van der Waals surface area contributed by atoms with Gasteiger partial charge in [-0.3, -0.25) is 14.4 Å². The van der Waals surface area contributed by atoms with Crippen LogP contribution in [-0.4, -0.2) is 23.0 Å². The van der Waals surface area contributed by atoms with Gasteiger partial charge in [-0.25, -0.2) is 0 Å². The van der Waals surface area contributed by atoms with E-state index in [2.05, 4.69) is 31.9 Å². The highest BCUT2D eigenvalue weighted by Crippen LogP contribution is 2.27. The maximum Gasteiger partial charge on any atom is 0.272 e. The van der Waals surface area contributed by atoms with Gasteiger partial charge in [-0.2, -0.15) is 0 Å². The number of hydrogen-bond donors (Lipinski definition) is 3. The van der Waals surface area contributed by atoms with Crippen LogP contribution in [0.1, 0.15) is 22.8 Å². The van der Waals surface area contributed by atoms with Crippen molar-refractivity contribution >= 4 is 86.1 Å². The van der Waals surface area contributed by atoms with Gasteiger partial charge in [0.05, 0.1) is 5.25 Å². The van der Waals surface area contributed by atoms with Gasteiger partial charge in [0, 0.05) is 36.4 Å². The number of carbonyl (C=O) groups is 3. The number of anilines is 2. The molecule has 1 atom stereocenters. The average molecular weight is 669 g/mol. The maximum atomic E-state index is 13.2. The number of halogens is 3. The van der Waals surface area contributed by atoms with E-state index in [1.165, 1.54) is 11.8 Å². The number of thioether (sulfide) groups is 1. The van der Waals surface area contributed by atoms with Gasteiger partial charge in [-0.1, -0.05) is 69.5 Å². The first-order valence-corrected chi connectivity index (χ1v) is 14.8. The minimum absolute atomic E-state index is 0.0889. The lowest BCUT2D eigenvalue weighted by atomic mass is 10.1. The van der Waals surface area contributed by atoms with Crippen molar-refractivity contribution in [3.63, 3.8) is 0 Å². The molecule has 1 unspecified atom stereocenters. The molecule has 0 radical (unpaired) electrons. The molecule has 0 aliphatic heterocycles. The summed E-state index contributed by atoms with van der Waals surface area (Å²) in [5.41, 5.74) is 2.31. The number of rotatable bonds is 9. The van der Waals surface area contributed by atoms with E-state index in [1.807, 2.05) is 30.3 Å². The number of hydrogen-bond acceptors (Lipinski definition) is 4. The molecule has 0 heterocycles. The molecule has 0 saturated heterocycles. The van der Waals surface area contributed by atoms with Crippen LogP contribution < -0.4 is 16.0 Å². The summed E-state index contributed by atoms with van der Waals surface area (Å²) < 4.78 is 0.896. The lowest BCUT2D eigenvalue weighted by Gasteiger charge is -2.14. The lowest BCUT2D eigenvalue weighted by Crippen LogP contribution is -2.30. The molecule has 3 amide bonds. The van der Waals surface area contributed by atoms with Crippen LogP contribution in [0.4, 0.5) is 11.4 Å². The van der Waals surface area contributed by atoms with Crippen molar-refractivity contribution in [2.45, 2.75) is 17.1 Å². The molecule has 0 spiro atoms. The molecule has 41 heavy (non-hydrogen) atoms. The van der Waals surface area contributed by atoms with Crippen LogP contribution in [0.25, 0.3) is 6.08 Å². The Morgan fingerprint density at radius 1 is 0.805 bits per heavy atom. The minimum Gasteiger partial charge on any atom is -0.325 e. The Kier molecular flexibility index (Phi) is 10.7. The highest BCUT2D eigenvalue weighted by Gasteiger charge is 2.17. The van der Waals surface area contributed by atoms with Crippen molar-refractivity contribution in [1.82, 2.24) is 5.32 Å². The SMILES string of the molecule is CC(Sc1ccc(NC(=O)/C(=C/c2ccc(Br)cc2)NC(=O)c2ccccc2)cc1)C(=O)Nc1cc(Cl)cc(Cl)c1. The average Bonchev–Trinajstić information content (AvgIpc) is 2.94. The number of nitrogens with one attached hydrogen (secondary N) is 3. The van der Waals surface area contributed by atoms with Crippen molar-refractivity contribution < 1.29 is 14.4 Å². The van der Waals surface area contributed by atoms with E-state index in [-0.39, 0.29) is 11.6 Å². The molecule has 0 aliphatic carbocycles. The van der Waals surface area contributed by atoms with E-state index in [0.29, 0.717) is 27.0 Å². The molecule has 0 saturated carbocycles. The van der Waals surface area contributed by atoms with Gasteiger partial charge in [0.15, 0.2) is 0 Å². The van der Waals surface area contributed by atoms with Gasteiger partial charge in [-0.15, -0.1) is 11.8 Å². The van der Waals surface area contributed by atoms with E-state index < -0.39 is 17.1 Å². The fourth-order valence-corrected chi connectivity index (χ4v) is 5.27. The first-order valence-electron chi connectivity index (χ1n) is 12.3. The monoisotopic (exact) mass is 667 g/mol. The molecule has 0 bridgehead atoms. The van der Waals surface area contributed by atoms with E-state index in [4.69, 9.17) is 23.2 Å². The first-order chi connectivity index (χ1) is 19.7. The second kappa shape index (κ2) is 14.4. The molecule has 4 aromatic rings. The van der Waals surface area contributed by atoms with Crippen LogP contribution in [0.3, 0.4) is 0 Å². The van der Waals surface area contributed by atoms with Crippen LogP contribution in [0.2, 0.25) is 10.0 Å². The second-order valence-corrected chi connectivity index (χ2v) is 12.0. The predicted octanol–water partition coefficient (Wildman–Crippen LogP) is 8.28. The van der Waals surface area contributed by atoms with Crippen molar-refractivity contribution in [3.05, 3.63) is 128 Å². The Morgan fingerprint density at radius 2 is 1.44 bits per heavy atom. The summed E-state index contributed by atoms with van der Waals surface area (Å²) in [6, 6.07) is 28.0. The summed E-state index contributed by atoms with van der Waals surface area (Å²) in [5.74, 6) is -1.09. The van der Waals surface area contributed by atoms with E-state index in [9.17, 15) is 14.4 Å². The molecule has 3 N–H and O–H groups in total. The first kappa shape index (κ1) is 30.4. The fraction of sp³-hybridized carbons (Fsp3) is 0.0645. The van der Waals surface area contributed by atoms with Gasteiger partial charge in [0.2, 0.25) is 5.91 Å². The summed E-state index contributed by atoms with van der Waals surface area (Å²) in [7, 11) is 0. The molecule has 10 heteroatoms. The van der Waals surface area contributed by atoms with E-state index >= 15 is 0 Å².